The predicted molar refractivity (Wildman–Crippen MR) is 114 cm³/mol. The Kier molecular flexibility index (Phi) is 7.06. The third kappa shape index (κ3) is 5.33. The lowest BCUT2D eigenvalue weighted by atomic mass is 10.1. The summed E-state index contributed by atoms with van der Waals surface area (Å²) in [6.07, 6.45) is 1.57. The Hall–Kier alpha value is -2.37. The molecule has 5 heteroatoms. The molecular formula is C23H31N3O2. The van der Waals surface area contributed by atoms with Crippen molar-refractivity contribution in [1.29, 1.82) is 0 Å². The highest BCUT2D eigenvalue weighted by Crippen LogP contribution is 2.23. The van der Waals surface area contributed by atoms with Gasteiger partial charge in [-0.3, -0.25) is 9.69 Å². The molecule has 0 saturated carbocycles. The summed E-state index contributed by atoms with van der Waals surface area (Å²) in [4.78, 5) is 16.5. The van der Waals surface area contributed by atoms with Gasteiger partial charge in [-0.1, -0.05) is 37.3 Å². The molecule has 28 heavy (non-hydrogen) atoms. The van der Waals surface area contributed by atoms with E-state index in [2.05, 4.69) is 29.3 Å². The zero-order valence-electron chi connectivity index (χ0n) is 16.8. The van der Waals surface area contributed by atoms with E-state index in [1.807, 2.05) is 49.5 Å². The van der Waals surface area contributed by atoms with Crippen molar-refractivity contribution < 1.29 is 9.90 Å². The third-order valence-corrected chi connectivity index (χ3v) is 5.27. The van der Waals surface area contributed by atoms with Crippen molar-refractivity contribution in [2.75, 3.05) is 38.5 Å². The largest absolute Gasteiger partial charge is 0.392 e. The van der Waals surface area contributed by atoms with Crippen LogP contribution in [0.1, 0.15) is 41.7 Å². The Morgan fingerprint density at radius 3 is 2.54 bits per heavy atom. The maximum absolute atomic E-state index is 12.4. The number of carbonyl (C=O) groups excluding carboxylic acids is 1. The summed E-state index contributed by atoms with van der Waals surface area (Å²) in [5, 5.41) is 13.4. The summed E-state index contributed by atoms with van der Waals surface area (Å²) in [5.74, 6) is 0.0547. The molecule has 5 nitrogen and oxygen atoms in total. The quantitative estimate of drug-likeness (QED) is 0.736. The van der Waals surface area contributed by atoms with E-state index in [0.717, 1.165) is 44.7 Å². The van der Waals surface area contributed by atoms with Gasteiger partial charge in [0.05, 0.1) is 12.1 Å². The van der Waals surface area contributed by atoms with Crippen LogP contribution in [0.3, 0.4) is 0 Å². The fraction of sp³-hybridized carbons (Fsp3) is 0.435. The minimum absolute atomic E-state index is 0.0547. The fourth-order valence-electron chi connectivity index (χ4n) is 3.72. The minimum atomic E-state index is -0.221. The van der Waals surface area contributed by atoms with Gasteiger partial charge in [0.2, 0.25) is 0 Å². The number of hydrogen-bond donors (Lipinski definition) is 2. The number of β-amino-alcohol motifs (C(OH)–C–C–N with tert-alkyl or cyclic N) is 1. The number of carbonyl (C=O) groups is 1. The first-order chi connectivity index (χ1) is 13.6. The SMILES string of the molecule is CCCN(C)C(=O)c1ccc(N[C@H](CN2CC[C@H](O)C2)c2ccccc2)cc1. The molecule has 0 aromatic heterocycles. The molecule has 2 atom stereocenters. The van der Waals surface area contributed by atoms with Crippen molar-refractivity contribution in [3.8, 4) is 0 Å². The van der Waals surface area contributed by atoms with Gasteiger partial charge in [-0.2, -0.15) is 0 Å². The Balaban J connectivity index is 1.70. The van der Waals surface area contributed by atoms with Crippen LogP contribution >= 0.6 is 0 Å². The number of anilines is 1. The fourth-order valence-corrected chi connectivity index (χ4v) is 3.72. The van der Waals surface area contributed by atoms with Crippen molar-refractivity contribution in [3.05, 3.63) is 65.7 Å². The molecule has 2 aromatic carbocycles. The van der Waals surface area contributed by atoms with Crippen LogP contribution < -0.4 is 5.32 Å². The second kappa shape index (κ2) is 9.71. The van der Waals surface area contributed by atoms with E-state index in [4.69, 9.17) is 0 Å². The zero-order chi connectivity index (χ0) is 19.9. The van der Waals surface area contributed by atoms with E-state index in [0.29, 0.717) is 5.56 Å². The van der Waals surface area contributed by atoms with E-state index in [1.54, 1.807) is 4.90 Å². The van der Waals surface area contributed by atoms with Gasteiger partial charge in [0.1, 0.15) is 0 Å². The van der Waals surface area contributed by atoms with Crippen LogP contribution in [0.25, 0.3) is 0 Å². The maximum Gasteiger partial charge on any atom is 0.253 e. The average molecular weight is 382 g/mol. The topological polar surface area (TPSA) is 55.8 Å². The number of likely N-dealkylation sites (tertiary alicyclic amines) is 1. The van der Waals surface area contributed by atoms with Crippen LogP contribution in [-0.2, 0) is 0 Å². The van der Waals surface area contributed by atoms with Crippen molar-refractivity contribution in [2.24, 2.45) is 0 Å². The molecule has 2 N–H and O–H groups in total. The van der Waals surface area contributed by atoms with Gasteiger partial charge in [-0.05, 0) is 42.7 Å². The third-order valence-electron chi connectivity index (χ3n) is 5.27. The number of aliphatic hydroxyl groups excluding tert-OH is 1. The van der Waals surface area contributed by atoms with Crippen LogP contribution in [0.2, 0.25) is 0 Å². The van der Waals surface area contributed by atoms with Crippen molar-refractivity contribution in [3.63, 3.8) is 0 Å². The van der Waals surface area contributed by atoms with E-state index in [-0.39, 0.29) is 18.1 Å². The monoisotopic (exact) mass is 381 g/mol. The van der Waals surface area contributed by atoms with Crippen LogP contribution in [0.5, 0.6) is 0 Å². The van der Waals surface area contributed by atoms with Crippen molar-refractivity contribution in [1.82, 2.24) is 9.80 Å². The highest BCUT2D eigenvalue weighted by molar-refractivity contribution is 5.94. The van der Waals surface area contributed by atoms with Gasteiger partial charge in [-0.15, -0.1) is 0 Å². The molecule has 0 bridgehead atoms. The number of nitrogens with zero attached hydrogens (tertiary/aromatic N) is 2. The molecule has 0 aliphatic carbocycles. The summed E-state index contributed by atoms with van der Waals surface area (Å²) >= 11 is 0. The van der Waals surface area contributed by atoms with E-state index >= 15 is 0 Å². The van der Waals surface area contributed by atoms with Gasteiger partial charge in [0.15, 0.2) is 0 Å². The summed E-state index contributed by atoms with van der Waals surface area (Å²) in [5.41, 5.74) is 2.91. The van der Waals surface area contributed by atoms with Crippen molar-refractivity contribution >= 4 is 11.6 Å². The molecule has 1 fully saturated rings. The zero-order valence-corrected chi connectivity index (χ0v) is 16.8. The number of nitrogens with one attached hydrogen (secondary N) is 1. The summed E-state index contributed by atoms with van der Waals surface area (Å²) in [7, 11) is 1.84. The molecule has 1 heterocycles. The van der Waals surface area contributed by atoms with Gasteiger partial charge in [-0.25, -0.2) is 0 Å². The number of amides is 1. The highest BCUT2D eigenvalue weighted by atomic mass is 16.3. The number of rotatable bonds is 8. The molecule has 150 valence electrons. The normalized spacial score (nSPS) is 18.0. The van der Waals surface area contributed by atoms with Gasteiger partial charge in [0, 0.05) is 44.5 Å². The van der Waals surface area contributed by atoms with Crippen LogP contribution in [-0.4, -0.2) is 60.1 Å². The van der Waals surface area contributed by atoms with Crippen LogP contribution in [0, 0.1) is 0 Å². The molecular weight excluding hydrogens is 350 g/mol. The maximum atomic E-state index is 12.4. The van der Waals surface area contributed by atoms with E-state index in [9.17, 15) is 9.90 Å². The molecule has 1 amide bonds. The van der Waals surface area contributed by atoms with E-state index < -0.39 is 0 Å². The predicted octanol–water partition coefficient (Wildman–Crippen LogP) is 3.39. The average Bonchev–Trinajstić information content (AvgIpc) is 3.13. The van der Waals surface area contributed by atoms with Gasteiger partial charge < -0.3 is 15.3 Å². The smallest absolute Gasteiger partial charge is 0.253 e. The molecule has 0 radical (unpaired) electrons. The molecule has 1 aliphatic heterocycles. The first-order valence-electron chi connectivity index (χ1n) is 10.1. The summed E-state index contributed by atoms with van der Waals surface area (Å²) < 4.78 is 0. The molecule has 0 unspecified atom stereocenters. The molecule has 1 aliphatic rings. The van der Waals surface area contributed by atoms with Gasteiger partial charge >= 0.3 is 0 Å². The Morgan fingerprint density at radius 2 is 1.93 bits per heavy atom. The lowest BCUT2D eigenvalue weighted by Crippen LogP contribution is -2.31. The Bertz CT molecular complexity index is 748. The van der Waals surface area contributed by atoms with Crippen LogP contribution in [0.15, 0.2) is 54.6 Å². The number of hydrogen-bond acceptors (Lipinski definition) is 4. The lowest BCUT2D eigenvalue weighted by Gasteiger charge is -2.26. The summed E-state index contributed by atoms with van der Waals surface area (Å²) in [6, 6.07) is 18.2. The first kappa shape index (κ1) is 20.4. The molecule has 3 rings (SSSR count). The minimum Gasteiger partial charge on any atom is -0.392 e. The Labute approximate surface area is 168 Å². The lowest BCUT2D eigenvalue weighted by molar-refractivity contribution is 0.0795. The van der Waals surface area contributed by atoms with E-state index in [1.165, 1.54) is 5.56 Å². The molecule has 1 saturated heterocycles. The number of aliphatic hydroxyl groups is 1. The second-order valence-corrected chi connectivity index (χ2v) is 7.61. The second-order valence-electron chi connectivity index (χ2n) is 7.61. The summed E-state index contributed by atoms with van der Waals surface area (Å²) in [6.45, 7) is 5.31. The number of benzene rings is 2. The first-order valence-corrected chi connectivity index (χ1v) is 10.1. The standard InChI is InChI=1S/C23H31N3O2/c1-3-14-25(2)23(28)19-9-11-20(12-10-19)24-22(18-7-5-4-6-8-18)17-26-15-13-21(27)16-26/h4-12,21-22,24,27H,3,13-17H2,1-2H3/t21-,22+/m0/s1. The molecule has 0 spiro atoms. The highest BCUT2D eigenvalue weighted by Gasteiger charge is 2.24. The van der Waals surface area contributed by atoms with Crippen LogP contribution in [0.4, 0.5) is 5.69 Å². The molecule has 2 aromatic rings. The van der Waals surface area contributed by atoms with Gasteiger partial charge in [0.25, 0.3) is 5.91 Å². The Morgan fingerprint density at radius 1 is 1.21 bits per heavy atom. The van der Waals surface area contributed by atoms with Crippen molar-refractivity contribution in [2.45, 2.75) is 31.9 Å².